The van der Waals surface area contributed by atoms with Crippen LogP contribution in [0.15, 0.2) is 59.5 Å². The standard InChI is InChI=1S/C30H27N3O5S/c1-18-11-19(2)28(20(3)12-18)32-27(34)16-33-29(35)26(39-30(33)36)14-21-9-10-24(25(13-21)37-4)38-17-23-8-6-5-7-22(23)15-31/h5-14H,16-17H2,1-4H3,(H,32,34)/b26-14-. The smallest absolute Gasteiger partial charge is 0.294 e. The molecule has 0 radical (unpaired) electrons. The van der Waals surface area contributed by atoms with E-state index in [-0.39, 0.29) is 18.1 Å². The lowest BCUT2D eigenvalue weighted by Gasteiger charge is -2.16. The van der Waals surface area contributed by atoms with Gasteiger partial charge in [0.05, 0.1) is 23.6 Å². The van der Waals surface area contributed by atoms with Crippen LogP contribution in [0.25, 0.3) is 6.08 Å². The van der Waals surface area contributed by atoms with Crippen molar-refractivity contribution in [2.45, 2.75) is 27.4 Å². The Morgan fingerprint density at radius 3 is 2.46 bits per heavy atom. The molecule has 0 aromatic heterocycles. The average Bonchev–Trinajstić information content (AvgIpc) is 3.17. The second-order valence-electron chi connectivity index (χ2n) is 9.06. The number of hydrogen-bond acceptors (Lipinski definition) is 7. The Bertz CT molecular complexity index is 1520. The van der Waals surface area contributed by atoms with Gasteiger partial charge >= 0.3 is 0 Å². The van der Waals surface area contributed by atoms with E-state index >= 15 is 0 Å². The molecule has 1 N–H and O–H groups in total. The van der Waals surface area contributed by atoms with Crippen molar-refractivity contribution in [3.63, 3.8) is 0 Å². The van der Waals surface area contributed by atoms with E-state index in [9.17, 15) is 19.6 Å². The predicted octanol–water partition coefficient (Wildman–Crippen LogP) is 5.75. The maximum atomic E-state index is 13.0. The molecule has 1 aliphatic heterocycles. The molecule has 1 aliphatic rings. The van der Waals surface area contributed by atoms with Crippen LogP contribution in [0.3, 0.4) is 0 Å². The minimum absolute atomic E-state index is 0.183. The highest BCUT2D eigenvalue weighted by molar-refractivity contribution is 8.18. The third-order valence-electron chi connectivity index (χ3n) is 6.12. The summed E-state index contributed by atoms with van der Waals surface area (Å²) in [5, 5.41) is 11.6. The van der Waals surface area contributed by atoms with Crippen LogP contribution in [0.4, 0.5) is 10.5 Å². The van der Waals surface area contributed by atoms with Crippen molar-refractivity contribution in [3.8, 4) is 17.6 Å². The number of hydrogen-bond donors (Lipinski definition) is 1. The number of methoxy groups -OCH3 is 1. The molecule has 0 atom stereocenters. The predicted molar refractivity (Wildman–Crippen MR) is 150 cm³/mol. The number of aryl methyl sites for hydroxylation is 3. The van der Waals surface area contributed by atoms with Gasteiger partial charge in [-0.2, -0.15) is 5.26 Å². The maximum absolute atomic E-state index is 13.0. The minimum atomic E-state index is -0.537. The topological polar surface area (TPSA) is 109 Å². The first-order valence-corrected chi connectivity index (χ1v) is 12.9. The lowest BCUT2D eigenvalue weighted by Crippen LogP contribution is -2.36. The quantitative estimate of drug-likeness (QED) is 0.362. The fourth-order valence-corrected chi connectivity index (χ4v) is 5.13. The summed E-state index contributed by atoms with van der Waals surface area (Å²) in [4.78, 5) is 39.4. The second kappa shape index (κ2) is 11.9. The van der Waals surface area contributed by atoms with E-state index in [1.165, 1.54) is 7.11 Å². The number of anilines is 1. The molecule has 0 bridgehead atoms. The summed E-state index contributed by atoms with van der Waals surface area (Å²) in [6, 6.07) is 18.3. The van der Waals surface area contributed by atoms with E-state index in [0.29, 0.717) is 28.3 Å². The van der Waals surface area contributed by atoms with Gasteiger partial charge in [0.15, 0.2) is 11.5 Å². The maximum Gasteiger partial charge on any atom is 0.294 e. The van der Waals surface area contributed by atoms with Crippen LogP contribution in [-0.4, -0.2) is 35.6 Å². The van der Waals surface area contributed by atoms with Crippen molar-refractivity contribution in [3.05, 3.63) is 92.9 Å². The normalized spacial score (nSPS) is 13.9. The van der Waals surface area contributed by atoms with Gasteiger partial charge in [-0.25, -0.2) is 0 Å². The van der Waals surface area contributed by atoms with Gasteiger partial charge in [0.25, 0.3) is 11.1 Å². The molecular formula is C30H27N3O5S. The van der Waals surface area contributed by atoms with Crippen molar-refractivity contribution in [1.82, 2.24) is 4.90 Å². The average molecular weight is 542 g/mol. The number of nitrogens with zero attached hydrogens (tertiary/aromatic N) is 2. The van der Waals surface area contributed by atoms with Crippen LogP contribution in [0.1, 0.15) is 33.4 Å². The Labute approximate surface area is 231 Å². The Morgan fingerprint density at radius 1 is 1.05 bits per heavy atom. The molecule has 9 heteroatoms. The number of thioether (sulfide) groups is 1. The van der Waals surface area contributed by atoms with E-state index in [1.807, 2.05) is 45.0 Å². The van der Waals surface area contributed by atoms with E-state index in [2.05, 4.69) is 11.4 Å². The van der Waals surface area contributed by atoms with Gasteiger partial charge in [-0.05, 0) is 73.5 Å². The molecule has 1 heterocycles. The van der Waals surface area contributed by atoms with E-state index < -0.39 is 17.1 Å². The molecule has 3 aromatic carbocycles. The van der Waals surface area contributed by atoms with E-state index in [4.69, 9.17) is 9.47 Å². The van der Waals surface area contributed by atoms with E-state index in [0.717, 1.165) is 38.9 Å². The number of benzene rings is 3. The molecule has 8 nitrogen and oxygen atoms in total. The van der Waals surface area contributed by atoms with Gasteiger partial charge in [-0.3, -0.25) is 19.3 Å². The number of carbonyl (C=O) groups is 3. The third kappa shape index (κ3) is 6.30. The molecule has 1 fully saturated rings. The highest BCUT2D eigenvalue weighted by Gasteiger charge is 2.36. The molecule has 3 aromatic rings. The van der Waals surface area contributed by atoms with Gasteiger partial charge in [0.2, 0.25) is 5.91 Å². The summed E-state index contributed by atoms with van der Waals surface area (Å²) in [7, 11) is 1.50. The van der Waals surface area contributed by atoms with Crippen molar-refractivity contribution in [1.29, 1.82) is 5.26 Å². The van der Waals surface area contributed by atoms with Crippen LogP contribution < -0.4 is 14.8 Å². The van der Waals surface area contributed by atoms with Gasteiger partial charge in [0.1, 0.15) is 13.2 Å². The largest absolute Gasteiger partial charge is 0.493 e. The molecule has 4 rings (SSSR count). The van der Waals surface area contributed by atoms with Crippen LogP contribution in [-0.2, 0) is 16.2 Å². The number of rotatable bonds is 8. The number of nitrogens with one attached hydrogen (secondary N) is 1. The number of imide groups is 1. The minimum Gasteiger partial charge on any atom is -0.493 e. The van der Waals surface area contributed by atoms with Gasteiger partial charge in [-0.1, -0.05) is 42.0 Å². The van der Waals surface area contributed by atoms with Crippen molar-refractivity contribution >= 4 is 40.6 Å². The summed E-state index contributed by atoms with van der Waals surface area (Å²) in [6.45, 7) is 5.57. The van der Waals surface area contributed by atoms with Crippen LogP contribution in [0, 0.1) is 32.1 Å². The fraction of sp³-hybridized carbons (Fsp3) is 0.200. The SMILES string of the molecule is COc1cc(/C=C2\SC(=O)N(CC(=O)Nc3c(C)cc(C)cc3C)C2=O)ccc1OCc1ccccc1C#N. The Morgan fingerprint density at radius 2 is 1.77 bits per heavy atom. The summed E-state index contributed by atoms with van der Waals surface area (Å²) in [5.41, 5.74) is 5.48. The second-order valence-corrected chi connectivity index (χ2v) is 10.1. The van der Waals surface area contributed by atoms with Crippen LogP contribution >= 0.6 is 11.8 Å². The zero-order valence-electron chi connectivity index (χ0n) is 22.0. The molecule has 0 aliphatic carbocycles. The first kappa shape index (κ1) is 27.5. The Kier molecular flexibility index (Phi) is 8.37. The van der Waals surface area contributed by atoms with Gasteiger partial charge < -0.3 is 14.8 Å². The van der Waals surface area contributed by atoms with Crippen LogP contribution in [0.5, 0.6) is 11.5 Å². The Balaban J connectivity index is 1.45. The molecule has 0 unspecified atom stereocenters. The molecule has 0 spiro atoms. The highest BCUT2D eigenvalue weighted by atomic mass is 32.2. The van der Waals surface area contributed by atoms with Gasteiger partial charge in [-0.15, -0.1) is 0 Å². The first-order chi connectivity index (χ1) is 18.7. The van der Waals surface area contributed by atoms with Crippen molar-refractivity contribution in [2.75, 3.05) is 19.0 Å². The summed E-state index contributed by atoms with van der Waals surface area (Å²) in [6.07, 6.45) is 1.58. The number of amides is 3. The Hall–Kier alpha value is -4.55. The zero-order chi connectivity index (χ0) is 28.1. The molecule has 198 valence electrons. The van der Waals surface area contributed by atoms with Crippen LogP contribution in [0.2, 0.25) is 0 Å². The molecule has 39 heavy (non-hydrogen) atoms. The lowest BCUT2D eigenvalue weighted by atomic mass is 10.1. The third-order valence-corrected chi connectivity index (χ3v) is 7.03. The van der Waals surface area contributed by atoms with Crippen molar-refractivity contribution in [2.24, 2.45) is 0 Å². The van der Waals surface area contributed by atoms with Gasteiger partial charge in [0, 0.05) is 11.3 Å². The first-order valence-electron chi connectivity index (χ1n) is 12.1. The molecular weight excluding hydrogens is 514 g/mol. The van der Waals surface area contributed by atoms with E-state index in [1.54, 1.807) is 36.4 Å². The molecule has 0 saturated carbocycles. The highest BCUT2D eigenvalue weighted by Crippen LogP contribution is 2.35. The zero-order valence-corrected chi connectivity index (χ0v) is 22.8. The fourth-order valence-electron chi connectivity index (χ4n) is 4.29. The van der Waals surface area contributed by atoms with Crippen molar-refractivity contribution < 1.29 is 23.9 Å². The molecule has 1 saturated heterocycles. The molecule has 3 amide bonds. The summed E-state index contributed by atoms with van der Waals surface area (Å²) >= 11 is 0.778. The number of carbonyl (C=O) groups excluding carboxylic acids is 3. The summed E-state index contributed by atoms with van der Waals surface area (Å²) < 4.78 is 11.3. The number of ether oxygens (including phenoxy) is 2. The number of nitriles is 1. The summed E-state index contributed by atoms with van der Waals surface area (Å²) in [5.74, 6) is -0.0888. The lowest BCUT2D eigenvalue weighted by molar-refractivity contribution is -0.127. The monoisotopic (exact) mass is 541 g/mol.